The summed E-state index contributed by atoms with van der Waals surface area (Å²) < 4.78 is 6.86. The standard InChI is InChI=1S/C58H39NOSi/c1-4-14-40(15-5-1)42-26-30-46(31-27-42)59(47-32-28-43(29-33-47)45-25-24-41-16-10-11-17-44(41)38-45)48-34-35-53-56(39-48)61(49-18-6-2-7-19-49,50-20-8-3-9-21-50)55-37-36-52-51-22-12-13-23-54(51)60-58(52)57(53)55/h1-39H. The quantitative estimate of drug-likeness (QED) is 0.149. The zero-order valence-corrected chi connectivity index (χ0v) is 34.4. The van der Waals surface area contributed by atoms with E-state index in [0.29, 0.717) is 0 Å². The highest BCUT2D eigenvalue weighted by Crippen LogP contribution is 2.42. The van der Waals surface area contributed by atoms with Crippen molar-refractivity contribution >= 4 is 78.6 Å². The minimum atomic E-state index is -2.89. The third-order valence-corrected chi connectivity index (χ3v) is 17.6. The molecule has 12 rings (SSSR count). The topological polar surface area (TPSA) is 16.4 Å². The number of anilines is 3. The molecule has 2 heterocycles. The van der Waals surface area contributed by atoms with Crippen molar-refractivity contribution in [2.45, 2.75) is 0 Å². The van der Waals surface area contributed by atoms with Crippen LogP contribution in [-0.2, 0) is 0 Å². The zero-order chi connectivity index (χ0) is 40.3. The first-order valence-electron chi connectivity index (χ1n) is 21.0. The van der Waals surface area contributed by atoms with Gasteiger partial charge in [-0.25, -0.2) is 0 Å². The predicted molar refractivity (Wildman–Crippen MR) is 259 cm³/mol. The van der Waals surface area contributed by atoms with Gasteiger partial charge in [0.2, 0.25) is 0 Å². The van der Waals surface area contributed by atoms with Crippen LogP contribution in [0.1, 0.15) is 0 Å². The van der Waals surface area contributed by atoms with Crippen molar-refractivity contribution in [2.75, 3.05) is 4.90 Å². The number of para-hydroxylation sites is 1. The van der Waals surface area contributed by atoms with Crippen LogP contribution in [0.25, 0.3) is 66.1 Å². The summed E-state index contributed by atoms with van der Waals surface area (Å²) in [7, 11) is -2.89. The van der Waals surface area contributed by atoms with E-state index in [-0.39, 0.29) is 0 Å². The largest absolute Gasteiger partial charge is 0.455 e. The molecule has 1 aromatic heterocycles. The molecule has 11 aromatic rings. The average Bonchev–Trinajstić information content (AvgIpc) is 3.86. The van der Waals surface area contributed by atoms with Gasteiger partial charge in [-0.3, -0.25) is 0 Å². The number of hydrogen-bond acceptors (Lipinski definition) is 2. The maximum absolute atomic E-state index is 6.86. The Morgan fingerprint density at radius 1 is 0.344 bits per heavy atom. The number of rotatable bonds is 7. The molecule has 10 aromatic carbocycles. The van der Waals surface area contributed by atoms with Crippen LogP contribution in [0.4, 0.5) is 17.1 Å². The van der Waals surface area contributed by atoms with E-state index >= 15 is 0 Å². The molecule has 0 radical (unpaired) electrons. The summed E-state index contributed by atoms with van der Waals surface area (Å²) >= 11 is 0. The molecule has 0 saturated heterocycles. The van der Waals surface area contributed by atoms with Gasteiger partial charge in [0.1, 0.15) is 11.2 Å². The Balaban J connectivity index is 1.09. The Labute approximate surface area is 356 Å². The molecular formula is C58H39NOSi. The van der Waals surface area contributed by atoms with E-state index in [4.69, 9.17) is 4.42 Å². The van der Waals surface area contributed by atoms with Crippen molar-refractivity contribution in [3.63, 3.8) is 0 Å². The number of hydrogen-bond donors (Lipinski definition) is 0. The van der Waals surface area contributed by atoms with Crippen LogP contribution in [0.3, 0.4) is 0 Å². The summed E-state index contributed by atoms with van der Waals surface area (Å²) in [5, 5.41) is 10.2. The maximum atomic E-state index is 6.86. The van der Waals surface area contributed by atoms with Crippen molar-refractivity contribution in [1.82, 2.24) is 0 Å². The van der Waals surface area contributed by atoms with Crippen molar-refractivity contribution in [3.8, 4) is 33.4 Å². The smallest absolute Gasteiger partial charge is 0.181 e. The van der Waals surface area contributed by atoms with Crippen molar-refractivity contribution < 1.29 is 4.42 Å². The van der Waals surface area contributed by atoms with E-state index in [1.54, 1.807) is 0 Å². The second kappa shape index (κ2) is 14.2. The highest BCUT2D eigenvalue weighted by Gasteiger charge is 2.50. The molecule has 2 nitrogen and oxygen atoms in total. The molecule has 0 bridgehead atoms. The normalized spacial score (nSPS) is 12.7. The molecule has 0 fully saturated rings. The van der Waals surface area contributed by atoms with Gasteiger partial charge in [-0.15, -0.1) is 0 Å². The van der Waals surface area contributed by atoms with E-state index < -0.39 is 8.07 Å². The number of furan rings is 1. The van der Waals surface area contributed by atoms with E-state index in [1.807, 2.05) is 0 Å². The number of fused-ring (bicyclic) bond motifs is 8. The Kier molecular flexibility index (Phi) is 8.22. The summed E-state index contributed by atoms with van der Waals surface area (Å²) in [6, 6.07) is 86.8. The molecule has 0 N–H and O–H groups in total. The summed E-state index contributed by atoms with van der Waals surface area (Å²) in [5.74, 6) is 0. The van der Waals surface area contributed by atoms with Gasteiger partial charge in [0.05, 0.1) is 0 Å². The fraction of sp³-hybridized carbons (Fsp3) is 0. The van der Waals surface area contributed by atoms with Crippen molar-refractivity contribution in [1.29, 1.82) is 0 Å². The van der Waals surface area contributed by atoms with Gasteiger partial charge < -0.3 is 9.32 Å². The number of benzene rings is 10. The molecule has 1 aliphatic rings. The lowest BCUT2D eigenvalue weighted by Gasteiger charge is -2.32. The number of nitrogens with zero attached hydrogens (tertiary/aromatic N) is 1. The Hall–Kier alpha value is -7.72. The van der Waals surface area contributed by atoms with Gasteiger partial charge >= 0.3 is 0 Å². The monoisotopic (exact) mass is 793 g/mol. The van der Waals surface area contributed by atoms with E-state index in [2.05, 4.69) is 241 Å². The SMILES string of the molecule is c1ccc(-c2ccc(N(c3ccc(-c4ccc5ccccc5c4)cc3)c3ccc4c(c3)[Si](c3ccccc3)(c3ccccc3)c3ccc5c(oc6ccccc65)c3-4)cc2)cc1. The van der Waals surface area contributed by atoms with Crippen LogP contribution < -0.4 is 25.6 Å². The Morgan fingerprint density at radius 2 is 0.885 bits per heavy atom. The van der Waals surface area contributed by atoms with E-state index in [1.165, 1.54) is 64.9 Å². The predicted octanol–water partition coefficient (Wildman–Crippen LogP) is 12.9. The fourth-order valence-electron chi connectivity index (χ4n) is 9.93. The summed E-state index contributed by atoms with van der Waals surface area (Å²) in [5.41, 5.74) is 12.4. The lowest BCUT2D eigenvalue weighted by atomic mass is 10.00. The van der Waals surface area contributed by atoms with Gasteiger partial charge in [0.25, 0.3) is 0 Å². The molecule has 286 valence electrons. The van der Waals surface area contributed by atoms with Crippen LogP contribution in [-0.4, -0.2) is 8.07 Å². The highest BCUT2D eigenvalue weighted by molar-refractivity contribution is 7.22. The Morgan fingerprint density at radius 3 is 1.57 bits per heavy atom. The molecule has 1 aliphatic heterocycles. The van der Waals surface area contributed by atoms with Crippen molar-refractivity contribution in [2.24, 2.45) is 0 Å². The minimum Gasteiger partial charge on any atom is -0.455 e. The molecule has 0 aliphatic carbocycles. The highest BCUT2D eigenvalue weighted by atomic mass is 28.3. The van der Waals surface area contributed by atoms with Crippen LogP contribution >= 0.6 is 0 Å². The first-order chi connectivity index (χ1) is 30.2. The molecular weight excluding hydrogens is 755 g/mol. The van der Waals surface area contributed by atoms with Gasteiger partial charge in [0.15, 0.2) is 8.07 Å². The zero-order valence-electron chi connectivity index (χ0n) is 33.4. The Bertz CT molecular complexity index is 3350. The minimum absolute atomic E-state index is 0.917. The summed E-state index contributed by atoms with van der Waals surface area (Å²) in [6.07, 6.45) is 0. The lowest BCUT2D eigenvalue weighted by molar-refractivity contribution is 0.670. The maximum Gasteiger partial charge on any atom is 0.181 e. The van der Waals surface area contributed by atoms with Crippen molar-refractivity contribution in [3.05, 3.63) is 237 Å². The first-order valence-corrected chi connectivity index (χ1v) is 23.0. The molecule has 0 saturated carbocycles. The van der Waals surface area contributed by atoms with Gasteiger partial charge in [-0.1, -0.05) is 188 Å². The third kappa shape index (κ3) is 5.62. The van der Waals surface area contributed by atoms with Gasteiger partial charge in [0, 0.05) is 33.4 Å². The first kappa shape index (κ1) is 35.2. The second-order valence-corrected chi connectivity index (χ2v) is 19.8. The van der Waals surface area contributed by atoms with Gasteiger partial charge in [-0.2, -0.15) is 0 Å². The molecule has 0 spiro atoms. The van der Waals surface area contributed by atoms with Gasteiger partial charge in [-0.05, 0) is 108 Å². The molecule has 3 heteroatoms. The second-order valence-electron chi connectivity index (χ2n) is 16.0. The summed E-state index contributed by atoms with van der Waals surface area (Å²) in [6.45, 7) is 0. The average molecular weight is 794 g/mol. The lowest BCUT2D eigenvalue weighted by Crippen LogP contribution is -2.72. The molecule has 0 atom stereocenters. The van der Waals surface area contributed by atoms with Crippen LogP contribution in [0.15, 0.2) is 241 Å². The van der Waals surface area contributed by atoms with Crippen LogP contribution in [0.5, 0.6) is 0 Å². The van der Waals surface area contributed by atoms with E-state index in [0.717, 1.165) is 39.0 Å². The van der Waals surface area contributed by atoms with Crippen LogP contribution in [0.2, 0.25) is 0 Å². The van der Waals surface area contributed by atoms with Crippen LogP contribution in [0, 0.1) is 0 Å². The molecule has 0 unspecified atom stereocenters. The molecule has 0 amide bonds. The molecule has 61 heavy (non-hydrogen) atoms. The van der Waals surface area contributed by atoms with E-state index in [9.17, 15) is 0 Å². The fourth-order valence-corrected chi connectivity index (χ4v) is 15.1. The third-order valence-electron chi connectivity index (χ3n) is 12.7. The summed E-state index contributed by atoms with van der Waals surface area (Å²) in [4.78, 5) is 2.42.